The van der Waals surface area contributed by atoms with Crippen molar-refractivity contribution < 1.29 is 23.9 Å². The first-order valence-corrected chi connectivity index (χ1v) is 11.6. The lowest BCUT2D eigenvalue weighted by Crippen LogP contribution is -2.32. The zero-order chi connectivity index (χ0) is 23.3. The second-order valence-electron chi connectivity index (χ2n) is 7.63. The second kappa shape index (κ2) is 8.16. The maximum atomic E-state index is 13.1. The predicted octanol–water partition coefficient (Wildman–Crippen LogP) is 2.27. The maximum Gasteiger partial charge on any atom is 0.308 e. The third-order valence-corrected chi connectivity index (χ3v) is 8.21. The number of amides is 3. The molecule has 0 saturated carbocycles. The van der Waals surface area contributed by atoms with E-state index in [2.05, 4.69) is 10.6 Å². The summed E-state index contributed by atoms with van der Waals surface area (Å²) in [5, 5.41) is 15.0. The highest BCUT2D eigenvalue weighted by atomic mass is 32.2. The molecular formula is C22H16FN3O5S2. The fourth-order valence-corrected chi connectivity index (χ4v) is 6.87. The number of aromatic nitrogens is 1. The van der Waals surface area contributed by atoms with Crippen molar-refractivity contribution in [2.75, 3.05) is 5.32 Å². The number of para-hydroxylation sites is 1. The number of phenols is 1. The molecule has 0 spiro atoms. The lowest BCUT2D eigenvalue weighted by Gasteiger charge is -2.31. The number of nitrogens with zero attached hydrogens (tertiary/aromatic N) is 1. The van der Waals surface area contributed by atoms with Crippen LogP contribution in [0.5, 0.6) is 5.75 Å². The molecule has 5 rings (SSSR count). The Hall–Kier alpha value is -3.44. The average molecular weight is 486 g/mol. The largest absolute Gasteiger partial charge is 0.508 e. The van der Waals surface area contributed by atoms with Gasteiger partial charge in [0.2, 0.25) is 17.7 Å². The molecule has 0 aliphatic carbocycles. The summed E-state index contributed by atoms with van der Waals surface area (Å²) in [7, 11) is 0. The molecule has 3 atom stereocenters. The highest BCUT2D eigenvalue weighted by Crippen LogP contribution is 2.52. The van der Waals surface area contributed by atoms with Crippen LogP contribution in [-0.2, 0) is 20.9 Å². The van der Waals surface area contributed by atoms with Crippen LogP contribution in [0.25, 0.3) is 0 Å². The average Bonchev–Trinajstić information content (AvgIpc) is 3.24. The second-order valence-corrected chi connectivity index (χ2v) is 9.76. The molecule has 0 bridgehead atoms. The highest BCUT2D eigenvalue weighted by Gasteiger charge is 2.53. The van der Waals surface area contributed by atoms with Crippen LogP contribution >= 0.6 is 23.1 Å². The van der Waals surface area contributed by atoms with E-state index in [0.29, 0.717) is 21.2 Å². The molecule has 2 aliphatic rings. The number of rotatable bonds is 4. The quantitative estimate of drug-likeness (QED) is 0.488. The number of imide groups is 1. The molecule has 0 radical (unpaired) electrons. The first-order valence-electron chi connectivity index (χ1n) is 9.91. The lowest BCUT2D eigenvalue weighted by atomic mass is 9.82. The number of carbonyl (C=O) groups excluding carboxylic acids is 3. The summed E-state index contributed by atoms with van der Waals surface area (Å²) in [4.78, 5) is 50.7. The number of hydrogen-bond acceptors (Lipinski definition) is 7. The Morgan fingerprint density at radius 1 is 1.09 bits per heavy atom. The Kier molecular flexibility index (Phi) is 5.29. The van der Waals surface area contributed by atoms with Crippen molar-refractivity contribution in [3.8, 4) is 5.75 Å². The Morgan fingerprint density at radius 3 is 2.55 bits per heavy atom. The molecular weight excluding hydrogens is 469 g/mol. The van der Waals surface area contributed by atoms with Gasteiger partial charge >= 0.3 is 4.87 Å². The van der Waals surface area contributed by atoms with Crippen molar-refractivity contribution >= 4 is 46.5 Å². The van der Waals surface area contributed by atoms with Gasteiger partial charge in [0.25, 0.3) is 0 Å². The molecule has 3 N–H and O–H groups in total. The zero-order valence-electron chi connectivity index (χ0n) is 16.8. The minimum absolute atomic E-state index is 0.0484. The number of nitrogens with one attached hydrogen (secondary N) is 2. The smallest absolute Gasteiger partial charge is 0.308 e. The monoisotopic (exact) mass is 485 g/mol. The van der Waals surface area contributed by atoms with E-state index in [0.717, 1.165) is 23.1 Å². The number of halogens is 1. The molecule has 33 heavy (non-hydrogen) atoms. The van der Waals surface area contributed by atoms with Gasteiger partial charge in [-0.3, -0.25) is 29.1 Å². The molecule has 1 fully saturated rings. The van der Waals surface area contributed by atoms with Gasteiger partial charge in [0, 0.05) is 22.0 Å². The summed E-state index contributed by atoms with van der Waals surface area (Å²) >= 11 is 1.96. The van der Waals surface area contributed by atoms with Crippen molar-refractivity contribution in [1.29, 1.82) is 0 Å². The van der Waals surface area contributed by atoms with Crippen molar-refractivity contribution in [2.45, 2.75) is 22.7 Å². The Morgan fingerprint density at radius 2 is 1.82 bits per heavy atom. The number of thioether (sulfide) groups is 1. The van der Waals surface area contributed by atoms with Crippen LogP contribution < -0.4 is 15.5 Å². The molecule has 2 unspecified atom stereocenters. The van der Waals surface area contributed by atoms with E-state index in [1.54, 1.807) is 18.2 Å². The van der Waals surface area contributed by atoms with Gasteiger partial charge in [0.05, 0.1) is 10.9 Å². The summed E-state index contributed by atoms with van der Waals surface area (Å²) in [5.41, 5.74) is 0.808. The molecule has 1 saturated heterocycles. The van der Waals surface area contributed by atoms with Gasteiger partial charge in [-0.25, -0.2) is 4.39 Å². The van der Waals surface area contributed by atoms with Crippen LogP contribution in [0.4, 0.5) is 10.1 Å². The van der Waals surface area contributed by atoms with E-state index < -0.39 is 45.5 Å². The van der Waals surface area contributed by atoms with E-state index in [1.165, 1.54) is 34.9 Å². The normalized spacial score (nSPS) is 21.3. The molecule has 3 heterocycles. The van der Waals surface area contributed by atoms with Gasteiger partial charge in [0.15, 0.2) is 0 Å². The highest BCUT2D eigenvalue weighted by molar-refractivity contribution is 8.00. The number of carbonyl (C=O) groups is 3. The van der Waals surface area contributed by atoms with Crippen molar-refractivity contribution in [3.63, 3.8) is 0 Å². The van der Waals surface area contributed by atoms with Gasteiger partial charge in [-0.2, -0.15) is 0 Å². The standard InChI is InChI=1S/C22H16FN3O5S2/c23-10-5-7-11(8-6-10)24-14(28)9-26-21-18(33-22(26)31)15(12-3-1-2-4-13(12)27)16-17(32-21)20(30)25-19(16)29/h1-8,15-17,27H,9H2,(H,24,28)(H,25,29,30)/t15-,16?,17?/m0/s1. The molecule has 11 heteroatoms. The summed E-state index contributed by atoms with van der Waals surface area (Å²) in [6.45, 7) is -0.324. The first kappa shape index (κ1) is 21.4. The number of fused-ring (bicyclic) bond motifs is 2. The Labute approximate surface area is 194 Å². The van der Waals surface area contributed by atoms with Crippen molar-refractivity contribution in [1.82, 2.24) is 9.88 Å². The minimum Gasteiger partial charge on any atom is -0.508 e. The van der Waals surface area contributed by atoms with E-state index in [1.807, 2.05) is 0 Å². The summed E-state index contributed by atoms with van der Waals surface area (Å²) in [6.07, 6.45) is 0. The summed E-state index contributed by atoms with van der Waals surface area (Å²) in [6, 6.07) is 11.7. The minimum atomic E-state index is -0.796. The number of anilines is 1. The van der Waals surface area contributed by atoms with Crippen LogP contribution in [-0.4, -0.2) is 32.6 Å². The molecule has 3 aromatic rings. The molecule has 168 valence electrons. The summed E-state index contributed by atoms with van der Waals surface area (Å²) < 4.78 is 14.4. The third kappa shape index (κ3) is 3.72. The molecule has 2 aliphatic heterocycles. The third-order valence-electron chi connectivity index (χ3n) is 5.59. The number of phenolic OH excluding ortho intramolecular Hbond substituents is 1. The van der Waals surface area contributed by atoms with Gasteiger partial charge in [-0.05, 0) is 30.3 Å². The van der Waals surface area contributed by atoms with Gasteiger partial charge in [-0.15, -0.1) is 0 Å². The number of thiazole rings is 1. The Bertz CT molecular complexity index is 1350. The number of benzene rings is 2. The van der Waals surface area contributed by atoms with Crippen molar-refractivity contribution in [3.05, 3.63) is 74.5 Å². The van der Waals surface area contributed by atoms with E-state index in [-0.39, 0.29) is 12.3 Å². The zero-order valence-corrected chi connectivity index (χ0v) is 18.4. The fourth-order valence-electron chi connectivity index (χ4n) is 4.14. The first-order chi connectivity index (χ1) is 15.8. The predicted molar refractivity (Wildman–Crippen MR) is 120 cm³/mol. The maximum absolute atomic E-state index is 13.1. The van der Waals surface area contributed by atoms with Gasteiger partial charge < -0.3 is 10.4 Å². The SMILES string of the molecule is O=C(Cn1c2c(sc1=O)[C@@H](c1ccccc1O)C1C(=O)NC(=O)C1S2)Nc1ccc(F)cc1. The topological polar surface area (TPSA) is 118 Å². The molecule has 8 nitrogen and oxygen atoms in total. The number of hydrogen-bond donors (Lipinski definition) is 3. The molecule has 3 amide bonds. The van der Waals surface area contributed by atoms with Gasteiger partial charge in [0.1, 0.15) is 23.4 Å². The summed E-state index contributed by atoms with van der Waals surface area (Å²) in [5.74, 6) is -3.42. The van der Waals surface area contributed by atoms with Gasteiger partial charge in [-0.1, -0.05) is 41.3 Å². The fraction of sp³-hybridized carbons (Fsp3) is 0.182. The van der Waals surface area contributed by atoms with Crippen LogP contribution in [0.3, 0.4) is 0 Å². The van der Waals surface area contributed by atoms with E-state index in [4.69, 9.17) is 0 Å². The van der Waals surface area contributed by atoms with Crippen LogP contribution in [0.1, 0.15) is 16.4 Å². The number of aromatic hydroxyl groups is 1. The Balaban J connectivity index is 1.54. The molecule has 2 aromatic carbocycles. The van der Waals surface area contributed by atoms with Crippen LogP contribution in [0, 0.1) is 11.7 Å². The lowest BCUT2D eigenvalue weighted by molar-refractivity contribution is -0.126. The van der Waals surface area contributed by atoms with E-state index >= 15 is 0 Å². The van der Waals surface area contributed by atoms with Crippen molar-refractivity contribution in [2.24, 2.45) is 5.92 Å². The van der Waals surface area contributed by atoms with E-state index in [9.17, 15) is 28.7 Å². The van der Waals surface area contributed by atoms with Crippen LogP contribution in [0.15, 0.2) is 58.4 Å². The molecule has 1 aromatic heterocycles. The van der Waals surface area contributed by atoms with Crippen LogP contribution in [0.2, 0.25) is 0 Å².